The molecular weight excluding hydrogens is 394 g/mol. The van der Waals surface area contributed by atoms with Gasteiger partial charge in [0.05, 0.1) is 22.3 Å². The minimum atomic E-state index is -0.305. The number of halogens is 1. The van der Waals surface area contributed by atoms with Crippen molar-refractivity contribution in [3.05, 3.63) is 92.9 Å². The Balaban J connectivity index is 1.56. The number of rotatable bonds is 4. The second-order valence-corrected chi connectivity index (χ2v) is 7.92. The van der Waals surface area contributed by atoms with Crippen LogP contribution in [0.5, 0.6) is 0 Å². The molecule has 140 valence electrons. The molecule has 0 fully saturated rings. The number of pyridine rings is 1. The number of fused-ring (bicyclic) bond motifs is 1. The lowest BCUT2D eigenvalue weighted by Gasteiger charge is -2.08. The first-order valence-corrected chi connectivity index (χ1v) is 9.81. The van der Waals surface area contributed by atoms with Gasteiger partial charge < -0.3 is 4.57 Å². The van der Waals surface area contributed by atoms with Crippen LogP contribution in [0.2, 0.25) is 5.02 Å². The van der Waals surface area contributed by atoms with Gasteiger partial charge in [-0.25, -0.2) is 4.98 Å². The zero-order chi connectivity index (χ0) is 19.7. The Morgan fingerprint density at radius 1 is 1.14 bits per heavy atom. The SMILES string of the molecule is Cc1ccc2nc(NC(=O)c3ccc(=O)n(Cc4ccc(Cl)cc4)c3)sc2c1. The van der Waals surface area contributed by atoms with E-state index >= 15 is 0 Å². The first-order chi connectivity index (χ1) is 13.5. The van der Waals surface area contributed by atoms with Crippen molar-refractivity contribution < 1.29 is 4.79 Å². The Morgan fingerprint density at radius 2 is 1.93 bits per heavy atom. The number of nitrogens with one attached hydrogen (secondary N) is 1. The molecule has 0 aliphatic rings. The monoisotopic (exact) mass is 409 g/mol. The van der Waals surface area contributed by atoms with Gasteiger partial charge in [0.1, 0.15) is 0 Å². The van der Waals surface area contributed by atoms with Crippen LogP contribution in [0.4, 0.5) is 5.13 Å². The van der Waals surface area contributed by atoms with Crippen molar-refractivity contribution >= 4 is 44.2 Å². The smallest absolute Gasteiger partial charge is 0.258 e. The quantitative estimate of drug-likeness (QED) is 0.530. The van der Waals surface area contributed by atoms with Crippen molar-refractivity contribution in [2.75, 3.05) is 5.32 Å². The van der Waals surface area contributed by atoms with Crippen molar-refractivity contribution in [3.8, 4) is 0 Å². The van der Waals surface area contributed by atoms with Crippen LogP contribution in [0.1, 0.15) is 21.5 Å². The van der Waals surface area contributed by atoms with Crippen LogP contribution in [0.15, 0.2) is 65.6 Å². The molecule has 0 radical (unpaired) electrons. The van der Waals surface area contributed by atoms with E-state index in [-0.39, 0.29) is 11.5 Å². The van der Waals surface area contributed by atoms with Crippen LogP contribution in [-0.2, 0) is 6.54 Å². The van der Waals surface area contributed by atoms with E-state index in [1.54, 1.807) is 18.3 Å². The van der Waals surface area contributed by atoms with E-state index in [9.17, 15) is 9.59 Å². The average molecular weight is 410 g/mol. The third-order valence-electron chi connectivity index (χ3n) is 4.28. The normalized spacial score (nSPS) is 10.9. The predicted molar refractivity (Wildman–Crippen MR) is 114 cm³/mol. The van der Waals surface area contributed by atoms with Crippen LogP contribution >= 0.6 is 22.9 Å². The summed E-state index contributed by atoms with van der Waals surface area (Å²) in [6.45, 7) is 2.37. The molecule has 0 aliphatic carbocycles. The minimum absolute atomic E-state index is 0.179. The van der Waals surface area contributed by atoms with E-state index in [1.807, 2.05) is 37.3 Å². The molecule has 28 heavy (non-hydrogen) atoms. The predicted octanol–water partition coefficient (Wildman–Crippen LogP) is 4.72. The molecule has 2 aromatic heterocycles. The number of hydrogen-bond donors (Lipinski definition) is 1. The highest BCUT2D eigenvalue weighted by Gasteiger charge is 2.12. The van der Waals surface area contributed by atoms with E-state index in [4.69, 9.17) is 11.6 Å². The first kappa shape index (κ1) is 18.4. The second-order valence-electron chi connectivity index (χ2n) is 6.45. The van der Waals surface area contributed by atoms with E-state index < -0.39 is 0 Å². The molecule has 2 aromatic carbocycles. The van der Waals surface area contributed by atoms with Crippen molar-refractivity contribution in [1.29, 1.82) is 0 Å². The van der Waals surface area contributed by atoms with Gasteiger partial charge in [-0.2, -0.15) is 0 Å². The molecule has 0 aliphatic heterocycles. The highest BCUT2D eigenvalue weighted by molar-refractivity contribution is 7.22. The van der Waals surface area contributed by atoms with Crippen molar-refractivity contribution in [2.24, 2.45) is 0 Å². The Kier molecular flexibility index (Phi) is 4.98. The third kappa shape index (κ3) is 3.98. The summed E-state index contributed by atoms with van der Waals surface area (Å²) in [5.41, 5.74) is 3.12. The maximum Gasteiger partial charge on any atom is 0.258 e. The summed E-state index contributed by atoms with van der Waals surface area (Å²) in [4.78, 5) is 29.2. The van der Waals surface area contributed by atoms with Crippen molar-refractivity contribution in [1.82, 2.24) is 9.55 Å². The molecule has 0 saturated heterocycles. The largest absolute Gasteiger partial charge is 0.310 e. The number of aromatic nitrogens is 2. The van der Waals surface area contributed by atoms with Gasteiger partial charge in [-0.15, -0.1) is 0 Å². The minimum Gasteiger partial charge on any atom is -0.310 e. The van der Waals surface area contributed by atoms with E-state index in [1.165, 1.54) is 28.0 Å². The number of hydrogen-bond acceptors (Lipinski definition) is 4. The number of aryl methyl sites for hydroxylation is 1. The maximum absolute atomic E-state index is 12.6. The summed E-state index contributed by atoms with van der Waals surface area (Å²) in [6.07, 6.45) is 1.56. The molecular formula is C21H16ClN3O2S. The molecule has 1 amide bonds. The summed E-state index contributed by atoms with van der Waals surface area (Å²) >= 11 is 7.32. The number of nitrogens with zero attached hydrogens (tertiary/aromatic N) is 2. The Morgan fingerprint density at radius 3 is 2.71 bits per heavy atom. The molecule has 0 unspecified atom stereocenters. The lowest BCUT2D eigenvalue weighted by atomic mass is 10.2. The van der Waals surface area contributed by atoms with Crippen LogP contribution in [0, 0.1) is 6.92 Å². The molecule has 0 saturated carbocycles. The highest BCUT2D eigenvalue weighted by atomic mass is 35.5. The van der Waals surface area contributed by atoms with Gasteiger partial charge in [0.2, 0.25) is 0 Å². The molecule has 7 heteroatoms. The standard InChI is InChI=1S/C21H16ClN3O2S/c1-13-2-8-17-18(10-13)28-21(23-17)24-20(27)15-5-9-19(26)25(12-15)11-14-3-6-16(22)7-4-14/h2-10,12H,11H2,1H3,(H,23,24,27). The summed E-state index contributed by atoms with van der Waals surface area (Å²) < 4.78 is 2.52. The highest BCUT2D eigenvalue weighted by Crippen LogP contribution is 2.27. The molecule has 0 bridgehead atoms. The van der Waals surface area contributed by atoms with Gasteiger partial charge in [-0.05, 0) is 48.4 Å². The van der Waals surface area contributed by atoms with E-state index in [0.717, 1.165) is 21.3 Å². The Hall–Kier alpha value is -2.96. The van der Waals surface area contributed by atoms with E-state index in [2.05, 4.69) is 10.3 Å². The lowest BCUT2D eigenvalue weighted by Crippen LogP contribution is -2.22. The summed E-state index contributed by atoms with van der Waals surface area (Å²) in [7, 11) is 0. The fourth-order valence-electron chi connectivity index (χ4n) is 2.83. The number of amides is 1. The molecule has 2 heterocycles. The van der Waals surface area contributed by atoms with Crippen LogP contribution in [0.25, 0.3) is 10.2 Å². The molecule has 0 atom stereocenters. The summed E-state index contributed by atoms with van der Waals surface area (Å²) in [5.74, 6) is -0.305. The molecule has 4 aromatic rings. The fraction of sp³-hybridized carbons (Fsp3) is 0.0952. The Bertz CT molecular complexity index is 1230. The third-order valence-corrected chi connectivity index (χ3v) is 5.46. The van der Waals surface area contributed by atoms with Crippen LogP contribution in [-0.4, -0.2) is 15.5 Å². The maximum atomic E-state index is 12.6. The first-order valence-electron chi connectivity index (χ1n) is 8.61. The molecule has 4 rings (SSSR count). The van der Waals surface area contributed by atoms with Gasteiger partial charge in [0, 0.05) is 17.3 Å². The van der Waals surface area contributed by atoms with E-state index in [0.29, 0.717) is 22.3 Å². The zero-order valence-corrected chi connectivity index (χ0v) is 16.6. The van der Waals surface area contributed by atoms with Gasteiger partial charge in [-0.3, -0.25) is 14.9 Å². The zero-order valence-electron chi connectivity index (χ0n) is 15.0. The number of benzene rings is 2. The van der Waals surface area contributed by atoms with Crippen LogP contribution < -0.4 is 10.9 Å². The molecule has 5 nitrogen and oxygen atoms in total. The van der Waals surface area contributed by atoms with Crippen LogP contribution in [0.3, 0.4) is 0 Å². The van der Waals surface area contributed by atoms with Gasteiger partial charge in [0.15, 0.2) is 5.13 Å². The molecule has 1 N–H and O–H groups in total. The average Bonchev–Trinajstić information content (AvgIpc) is 3.06. The Labute approximate surface area is 170 Å². The van der Waals surface area contributed by atoms with Crippen molar-refractivity contribution in [3.63, 3.8) is 0 Å². The van der Waals surface area contributed by atoms with Gasteiger partial charge >= 0.3 is 0 Å². The fourth-order valence-corrected chi connectivity index (χ4v) is 3.92. The topological polar surface area (TPSA) is 64.0 Å². The summed E-state index contributed by atoms with van der Waals surface area (Å²) in [5, 5.41) is 3.98. The van der Waals surface area contributed by atoms with Gasteiger partial charge in [-0.1, -0.05) is 41.1 Å². The summed E-state index contributed by atoms with van der Waals surface area (Å²) in [6, 6.07) is 16.1. The number of carbonyl (C=O) groups excluding carboxylic acids is 1. The van der Waals surface area contributed by atoms with Crippen molar-refractivity contribution in [2.45, 2.75) is 13.5 Å². The number of carbonyl (C=O) groups is 1. The second kappa shape index (κ2) is 7.58. The number of thiazole rings is 1. The molecule has 0 spiro atoms. The van der Waals surface area contributed by atoms with Gasteiger partial charge in [0.25, 0.3) is 11.5 Å². The lowest BCUT2D eigenvalue weighted by molar-refractivity contribution is 0.102. The number of anilines is 1.